The first-order chi connectivity index (χ1) is 8.72. The van der Waals surface area contributed by atoms with Crippen molar-refractivity contribution < 1.29 is 16.8 Å². The van der Waals surface area contributed by atoms with Crippen LogP contribution in [-0.4, -0.2) is 39.4 Å². The monoisotopic (exact) mass is 326 g/mol. The van der Waals surface area contributed by atoms with Gasteiger partial charge in [-0.1, -0.05) is 0 Å². The summed E-state index contributed by atoms with van der Waals surface area (Å²) in [6.45, 7) is 8.63. The molecule has 1 aliphatic rings. The molecule has 1 saturated carbocycles. The van der Waals surface area contributed by atoms with Crippen molar-refractivity contribution in [3.8, 4) is 0 Å². The molecule has 0 amide bonds. The molecule has 8 heteroatoms. The van der Waals surface area contributed by atoms with Gasteiger partial charge in [-0.05, 0) is 53.4 Å². The first kappa shape index (κ1) is 17.9. The van der Waals surface area contributed by atoms with Crippen molar-refractivity contribution in [2.75, 3.05) is 7.05 Å². The quantitative estimate of drug-likeness (QED) is 0.755. The smallest absolute Gasteiger partial charge is 0.228 e. The predicted octanol–water partition coefficient (Wildman–Crippen LogP) is 0.811. The van der Waals surface area contributed by atoms with Crippen molar-refractivity contribution in [2.24, 2.45) is 5.92 Å². The van der Waals surface area contributed by atoms with Crippen LogP contribution in [0.1, 0.15) is 47.5 Å². The Labute approximate surface area is 122 Å². The molecule has 2 unspecified atom stereocenters. The van der Waals surface area contributed by atoms with Gasteiger partial charge in [-0.2, -0.15) is 13.1 Å². The third kappa shape index (κ3) is 4.16. The van der Waals surface area contributed by atoms with Crippen LogP contribution in [0.2, 0.25) is 0 Å². The van der Waals surface area contributed by atoms with Crippen LogP contribution >= 0.6 is 0 Å². The molecule has 0 aromatic carbocycles. The Balaban J connectivity index is 2.71. The van der Waals surface area contributed by atoms with Gasteiger partial charge in [-0.15, -0.1) is 0 Å². The fourth-order valence-corrected chi connectivity index (χ4v) is 5.31. The molecule has 0 spiro atoms. The first-order valence-electron chi connectivity index (χ1n) is 6.68. The van der Waals surface area contributed by atoms with E-state index in [4.69, 9.17) is 0 Å². The molecule has 1 aliphatic carbocycles. The largest absolute Gasteiger partial charge is 0.277 e. The van der Waals surface area contributed by atoms with Gasteiger partial charge in [0.05, 0.1) is 10.00 Å². The summed E-state index contributed by atoms with van der Waals surface area (Å²) in [6.07, 6.45) is 1.12. The fraction of sp³-hybridized carbons (Fsp3) is 1.00. The molecule has 0 radical (unpaired) electrons. The van der Waals surface area contributed by atoms with Gasteiger partial charge in [0.25, 0.3) is 10.2 Å². The van der Waals surface area contributed by atoms with Gasteiger partial charge >= 0.3 is 0 Å². The second-order valence-electron chi connectivity index (χ2n) is 7.09. The minimum absolute atomic E-state index is 0.0220. The molecule has 6 nitrogen and oxygen atoms in total. The van der Waals surface area contributed by atoms with E-state index in [0.717, 1.165) is 0 Å². The second-order valence-corrected chi connectivity index (χ2v) is 11.6. The van der Waals surface area contributed by atoms with Crippen LogP contribution in [0.25, 0.3) is 0 Å². The summed E-state index contributed by atoms with van der Waals surface area (Å²) in [7, 11) is -5.36. The van der Waals surface area contributed by atoms with E-state index >= 15 is 0 Å². The fourth-order valence-electron chi connectivity index (χ4n) is 2.38. The lowest BCUT2D eigenvalue weighted by Gasteiger charge is -2.26. The normalized spacial score (nSPS) is 24.7. The number of hydrogen-bond acceptors (Lipinski definition) is 4. The summed E-state index contributed by atoms with van der Waals surface area (Å²) in [6, 6.07) is 0. The maximum Gasteiger partial charge on any atom is 0.277 e. The summed E-state index contributed by atoms with van der Waals surface area (Å²) in [5.74, 6) is 0.0220. The van der Waals surface area contributed by atoms with E-state index in [-0.39, 0.29) is 11.2 Å². The van der Waals surface area contributed by atoms with Crippen LogP contribution in [0.5, 0.6) is 0 Å². The van der Waals surface area contributed by atoms with Crippen LogP contribution in [0.3, 0.4) is 0 Å². The summed E-state index contributed by atoms with van der Waals surface area (Å²) in [5.41, 5.74) is -0.672. The molecule has 0 saturated heterocycles. The SMILES string of the molecule is CNS(=O)(=O)NC(C)(C)CC1CC1S(=O)(=O)C(C)(C)C. The van der Waals surface area contributed by atoms with E-state index in [0.29, 0.717) is 12.8 Å². The van der Waals surface area contributed by atoms with Crippen molar-refractivity contribution in [3.63, 3.8) is 0 Å². The van der Waals surface area contributed by atoms with Gasteiger partial charge < -0.3 is 0 Å². The van der Waals surface area contributed by atoms with Crippen molar-refractivity contribution in [2.45, 2.75) is 63.0 Å². The Morgan fingerprint density at radius 3 is 1.95 bits per heavy atom. The number of hydrogen-bond donors (Lipinski definition) is 2. The van der Waals surface area contributed by atoms with Gasteiger partial charge in [-0.25, -0.2) is 13.1 Å². The maximum atomic E-state index is 12.3. The van der Waals surface area contributed by atoms with E-state index in [2.05, 4.69) is 9.44 Å². The third-order valence-corrected chi connectivity index (χ3v) is 8.00. The summed E-state index contributed by atoms with van der Waals surface area (Å²) in [4.78, 5) is 0. The molecule has 1 fully saturated rings. The zero-order chi connectivity index (χ0) is 16.0. The second kappa shape index (κ2) is 5.23. The predicted molar refractivity (Wildman–Crippen MR) is 80.4 cm³/mol. The van der Waals surface area contributed by atoms with Crippen LogP contribution in [0, 0.1) is 5.92 Å². The molecule has 2 atom stereocenters. The Hall–Kier alpha value is -0.180. The Morgan fingerprint density at radius 1 is 1.05 bits per heavy atom. The molecule has 20 heavy (non-hydrogen) atoms. The van der Waals surface area contributed by atoms with Gasteiger partial charge in [0, 0.05) is 12.6 Å². The minimum atomic E-state index is -3.53. The molecule has 0 aliphatic heterocycles. The summed E-state index contributed by atoms with van der Waals surface area (Å²) >= 11 is 0. The average Bonchev–Trinajstić information content (AvgIpc) is 2.93. The lowest BCUT2D eigenvalue weighted by Crippen LogP contribution is -2.48. The highest BCUT2D eigenvalue weighted by atomic mass is 32.2. The van der Waals surface area contributed by atoms with E-state index in [1.807, 2.05) is 0 Å². The van der Waals surface area contributed by atoms with Gasteiger partial charge in [-0.3, -0.25) is 0 Å². The summed E-state index contributed by atoms with van der Waals surface area (Å²) in [5, 5.41) is -0.346. The molecule has 0 heterocycles. The number of sulfone groups is 1. The number of nitrogens with one attached hydrogen (secondary N) is 2. The van der Waals surface area contributed by atoms with Crippen molar-refractivity contribution in [3.05, 3.63) is 0 Å². The van der Waals surface area contributed by atoms with Crippen LogP contribution in [-0.2, 0) is 20.0 Å². The molecule has 1 rings (SSSR count). The highest BCUT2D eigenvalue weighted by Crippen LogP contribution is 2.46. The first-order valence-corrected chi connectivity index (χ1v) is 9.71. The zero-order valence-corrected chi connectivity index (χ0v) is 14.7. The summed E-state index contributed by atoms with van der Waals surface area (Å²) < 4.78 is 51.6. The minimum Gasteiger partial charge on any atom is -0.228 e. The van der Waals surface area contributed by atoms with Crippen LogP contribution < -0.4 is 9.44 Å². The number of rotatable bonds is 6. The molecular formula is C12H26N2O4S2. The Morgan fingerprint density at radius 2 is 1.55 bits per heavy atom. The van der Waals surface area contributed by atoms with Crippen LogP contribution in [0.4, 0.5) is 0 Å². The van der Waals surface area contributed by atoms with E-state index in [1.165, 1.54) is 7.05 Å². The van der Waals surface area contributed by atoms with Gasteiger partial charge in [0.15, 0.2) is 9.84 Å². The third-order valence-electron chi connectivity index (χ3n) is 3.56. The van der Waals surface area contributed by atoms with Crippen molar-refractivity contribution >= 4 is 20.0 Å². The molecule has 2 N–H and O–H groups in total. The molecule has 120 valence electrons. The standard InChI is InChI=1S/C12H26N2O4S2/c1-11(2,3)19(15,16)10-7-9(10)8-12(4,5)14-20(17,18)13-6/h9-10,13-14H,7-8H2,1-6H3. The topological polar surface area (TPSA) is 92.3 Å². The molecule has 0 aromatic heterocycles. The highest BCUT2D eigenvalue weighted by Gasteiger charge is 2.53. The zero-order valence-electron chi connectivity index (χ0n) is 13.0. The van der Waals surface area contributed by atoms with Gasteiger partial charge in [0.1, 0.15) is 0 Å². The lowest BCUT2D eigenvalue weighted by atomic mass is 9.99. The average molecular weight is 326 g/mol. The molecular weight excluding hydrogens is 300 g/mol. The Bertz CT molecular complexity index is 559. The van der Waals surface area contributed by atoms with E-state index in [1.54, 1.807) is 34.6 Å². The lowest BCUT2D eigenvalue weighted by molar-refractivity contribution is 0.397. The van der Waals surface area contributed by atoms with Gasteiger partial charge in [0.2, 0.25) is 0 Å². The maximum absolute atomic E-state index is 12.3. The van der Waals surface area contributed by atoms with E-state index < -0.39 is 30.3 Å². The van der Waals surface area contributed by atoms with Crippen molar-refractivity contribution in [1.29, 1.82) is 0 Å². The molecule has 0 aromatic rings. The molecule has 0 bridgehead atoms. The Kier molecular flexibility index (Phi) is 4.67. The van der Waals surface area contributed by atoms with E-state index in [9.17, 15) is 16.8 Å². The highest BCUT2D eigenvalue weighted by molar-refractivity contribution is 7.93. The van der Waals surface area contributed by atoms with Crippen LogP contribution in [0.15, 0.2) is 0 Å². The van der Waals surface area contributed by atoms with Crippen molar-refractivity contribution in [1.82, 2.24) is 9.44 Å².